The van der Waals surface area contributed by atoms with E-state index in [1.54, 1.807) is 0 Å². The van der Waals surface area contributed by atoms with Crippen LogP contribution < -0.4 is 0 Å². The van der Waals surface area contributed by atoms with E-state index in [4.69, 9.17) is 9.47 Å². The van der Waals surface area contributed by atoms with E-state index in [-0.39, 0.29) is 11.2 Å². The Morgan fingerprint density at radius 1 is 0.625 bits per heavy atom. The van der Waals surface area contributed by atoms with Gasteiger partial charge >= 0.3 is 0 Å². The van der Waals surface area contributed by atoms with Crippen LogP contribution in [0.15, 0.2) is 74.2 Å². The minimum absolute atomic E-state index is 0.379. The van der Waals surface area contributed by atoms with Crippen molar-refractivity contribution in [3.05, 3.63) is 85.3 Å². The monoisotopic (exact) mass is 322 g/mol. The van der Waals surface area contributed by atoms with Crippen molar-refractivity contribution in [1.29, 1.82) is 0 Å². The fraction of sp³-hybridized carbons (Fsp3) is 0.273. The molecule has 0 unspecified atom stereocenters. The average Bonchev–Trinajstić information content (AvgIpc) is 2.55. The summed E-state index contributed by atoms with van der Waals surface area (Å²) in [6, 6.07) is 16.8. The molecule has 2 nitrogen and oxygen atoms in total. The van der Waals surface area contributed by atoms with Gasteiger partial charge in [-0.05, 0) is 49.9 Å². The van der Waals surface area contributed by atoms with Gasteiger partial charge in [0.25, 0.3) is 0 Å². The van der Waals surface area contributed by atoms with Crippen molar-refractivity contribution in [2.24, 2.45) is 0 Å². The molecule has 0 heterocycles. The van der Waals surface area contributed by atoms with E-state index >= 15 is 0 Å². The van der Waals surface area contributed by atoms with Gasteiger partial charge in [0.15, 0.2) is 0 Å². The summed E-state index contributed by atoms with van der Waals surface area (Å²) in [5.41, 5.74) is 3.81. The number of rotatable bonds is 7. The van der Waals surface area contributed by atoms with Gasteiger partial charge in [-0.25, -0.2) is 0 Å². The molecule has 0 aliphatic rings. The predicted molar refractivity (Wildman–Crippen MR) is 100 cm³/mol. The molecule has 126 valence electrons. The van der Waals surface area contributed by atoms with Crippen molar-refractivity contribution >= 4 is 0 Å². The van der Waals surface area contributed by atoms with Gasteiger partial charge in [-0.2, -0.15) is 0 Å². The first-order chi connectivity index (χ1) is 11.3. The zero-order chi connectivity index (χ0) is 17.8. The van der Waals surface area contributed by atoms with E-state index in [1.807, 2.05) is 27.7 Å². The second kappa shape index (κ2) is 6.96. The van der Waals surface area contributed by atoms with Gasteiger partial charge in [0, 0.05) is 0 Å². The van der Waals surface area contributed by atoms with Crippen LogP contribution in [-0.2, 0) is 20.7 Å². The Hall–Kier alpha value is -2.48. The standard InChI is InChI=1S/C22H26O2/c1-7-23-21(3,4)19-13-9-17(10-14-19)18-11-15-20(16-12-18)22(5,6)24-8-2/h7-16H,1-2H2,3-6H3. The molecule has 0 fully saturated rings. The van der Waals surface area contributed by atoms with E-state index in [0.29, 0.717) is 0 Å². The molecule has 2 heteroatoms. The largest absolute Gasteiger partial charge is 0.491 e. The summed E-state index contributed by atoms with van der Waals surface area (Å²) < 4.78 is 11.2. The highest BCUT2D eigenvalue weighted by atomic mass is 16.5. The molecule has 0 aliphatic carbocycles. The Morgan fingerprint density at radius 2 is 0.917 bits per heavy atom. The van der Waals surface area contributed by atoms with Crippen molar-refractivity contribution < 1.29 is 9.47 Å². The molecule has 0 aliphatic heterocycles. The van der Waals surface area contributed by atoms with Crippen LogP contribution in [0.4, 0.5) is 0 Å². The Bertz CT molecular complexity index is 628. The number of benzene rings is 2. The van der Waals surface area contributed by atoms with Gasteiger partial charge in [0.05, 0.1) is 12.5 Å². The molecule has 0 saturated carbocycles. The average molecular weight is 322 g/mol. The lowest BCUT2D eigenvalue weighted by molar-refractivity contribution is 0.0556. The summed E-state index contributed by atoms with van der Waals surface area (Å²) in [5.74, 6) is 0. The summed E-state index contributed by atoms with van der Waals surface area (Å²) >= 11 is 0. The Balaban J connectivity index is 2.24. The van der Waals surface area contributed by atoms with Crippen molar-refractivity contribution in [2.75, 3.05) is 0 Å². The topological polar surface area (TPSA) is 18.5 Å². The maximum absolute atomic E-state index is 5.58. The molecule has 0 bridgehead atoms. The zero-order valence-corrected chi connectivity index (χ0v) is 15.0. The van der Waals surface area contributed by atoms with Crippen molar-refractivity contribution in [3.63, 3.8) is 0 Å². The molecule has 24 heavy (non-hydrogen) atoms. The second-order valence-corrected chi connectivity index (χ2v) is 6.74. The summed E-state index contributed by atoms with van der Waals surface area (Å²) in [6.07, 6.45) is 2.97. The first-order valence-corrected chi connectivity index (χ1v) is 8.09. The van der Waals surface area contributed by atoms with Crippen molar-refractivity contribution in [1.82, 2.24) is 0 Å². The van der Waals surface area contributed by atoms with Gasteiger partial charge < -0.3 is 9.47 Å². The van der Waals surface area contributed by atoms with Crippen LogP contribution in [-0.4, -0.2) is 0 Å². The molecule has 0 radical (unpaired) electrons. The highest BCUT2D eigenvalue weighted by molar-refractivity contribution is 5.64. The molecule has 0 spiro atoms. The lowest BCUT2D eigenvalue weighted by atomic mass is 9.93. The van der Waals surface area contributed by atoms with Crippen molar-refractivity contribution in [3.8, 4) is 11.1 Å². The number of hydrogen-bond acceptors (Lipinski definition) is 2. The molecular formula is C22H26O2. The fourth-order valence-electron chi connectivity index (χ4n) is 2.68. The second-order valence-electron chi connectivity index (χ2n) is 6.74. The van der Waals surface area contributed by atoms with Crippen LogP contribution in [0.25, 0.3) is 11.1 Å². The Morgan fingerprint density at radius 3 is 1.17 bits per heavy atom. The van der Waals surface area contributed by atoms with Gasteiger partial charge in [-0.1, -0.05) is 61.7 Å². The maximum Gasteiger partial charge on any atom is 0.127 e. The quantitative estimate of drug-likeness (QED) is 0.570. The van der Waals surface area contributed by atoms with E-state index < -0.39 is 0 Å². The third kappa shape index (κ3) is 3.88. The first-order valence-electron chi connectivity index (χ1n) is 8.09. The highest BCUT2D eigenvalue weighted by Gasteiger charge is 2.21. The highest BCUT2D eigenvalue weighted by Crippen LogP contribution is 2.30. The summed E-state index contributed by atoms with van der Waals surface area (Å²) in [4.78, 5) is 0. The minimum Gasteiger partial charge on any atom is -0.491 e. The predicted octanol–water partition coefficient (Wildman–Crippen LogP) is 6.14. The first kappa shape index (κ1) is 17.9. The van der Waals surface area contributed by atoms with Crippen LogP contribution in [0.3, 0.4) is 0 Å². The summed E-state index contributed by atoms with van der Waals surface area (Å²) in [5, 5.41) is 0. The zero-order valence-electron chi connectivity index (χ0n) is 15.0. The minimum atomic E-state index is -0.379. The molecule has 0 atom stereocenters. The van der Waals surface area contributed by atoms with Crippen LogP contribution in [0.1, 0.15) is 38.8 Å². The SMILES string of the molecule is C=COC(C)(C)c1ccc(-c2ccc(C(C)(C)OC=C)cc2)cc1. The fourth-order valence-corrected chi connectivity index (χ4v) is 2.68. The molecule has 0 aromatic heterocycles. The third-order valence-corrected chi connectivity index (χ3v) is 4.25. The molecule has 2 aromatic rings. The van der Waals surface area contributed by atoms with Gasteiger partial charge in [0.2, 0.25) is 0 Å². The van der Waals surface area contributed by atoms with Gasteiger partial charge in [-0.3, -0.25) is 0 Å². The number of ether oxygens (including phenoxy) is 2. The van der Waals surface area contributed by atoms with Gasteiger partial charge in [-0.15, -0.1) is 0 Å². The van der Waals surface area contributed by atoms with Crippen molar-refractivity contribution in [2.45, 2.75) is 38.9 Å². The summed E-state index contributed by atoms with van der Waals surface area (Å²) in [6.45, 7) is 15.4. The van der Waals surface area contributed by atoms with E-state index in [0.717, 1.165) is 11.1 Å². The van der Waals surface area contributed by atoms with Crippen LogP contribution in [0.5, 0.6) is 0 Å². The van der Waals surface area contributed by atoms with Crippen LogP contribution in [0.2, 0.25) is 0 Å². The third-order valence-electron chi connectivity index (χ3n) is 4.25. The normalized spacial score (nSPS) is 11.7. The molecule has 2 rings (SSSR count). The van der Waals surface area contributed by atoms with E-state index in [2.05, 4.69) is 61.7 Å². The van der Waals surface area contributed by atoms with Crippen LogP contribution >= 0.6 is 0 Å². The molecule has 0 saturated heterocycles. The van der Waals surface area contributed by atoms with Gasteiger partial charge in [0.1, 0.15) is 11.2 Å². The summed E-state index contributed by atoms with van der Waals surface area (Å²) in [7, 11) is 0. The smallest absolute Gasteiger partial charge is 0.127 e. The molecule has 0 N–H and O–H groups in total. The molecule has 0 amide bonds. The van der Waals surface area contributed by atoms with E-state index in [1.165, 1.54) is 23.7 Å². The molecular weight excluding hydrogens is 296 g/mol. The lowest BCUT2D eigenvalue weighted by Gasteiger charge is -2.25. The van der Waals surface area contributed by atoms with Crippen LogP contribution in [0, 0.1) is 0 Å². The Kier molecular flexibility index (Phi) is 5.18. The Labute approximate surface area is 145 Å². The van der Waals surface area contributed by atoms with E-state index in [9.17, 15) is 0 Å². The maximum atomic E-state index is 5.58. The molecule has 2 aromatic carbocycles. The number of hydrogen-bond donors (Lipinski definition) is 0. The lowest BCUT2D eigenvalue weighted by Crippen LogP contribution is -2.18.